The van der Waals surface area contributed by atoms with Gasteiger partial charge in [-0.15, -0.1) is 0 Å². The van der Waals surface area contributed by atoms with Gasteiger partial charge in [0.2, 0.25) is 11.8 Å². The van der Waals surface area contributed by atoms with Crippen molar-refractivity contribution in [2.45, 2.75) is 24.9 Å². The molecule has 1 saturated heterocycles. The van der Waals surface area contributed by atoms with Crippen LogP contribution in [0.4, 0.5) is 0 Å². The Morgan fingerprint density at radius 3 is 2.72 bits per heavy atom. The molecule has 0 unspecified atom stereocenters. The minimum atomic E-state index is -0.477. The molecule has 5 heteroatoms. The van der Waals surface area contributed by atoms with Crippen LogP contribution in [0, 0.1) is 0 Å². The van der Waals surface area contributed by atoms with Crippen LogP contribution in [0.3, 0.4) is 0 Å². The van der Waals surface area contributed by atoms with Gasteiger partial charge in [0, 0.05) is 6.42 Å². The lowest BCUT2D eigenvalue weighted by Gasteiger charge is -2.19. The molecule has 2 atom stereocenters. The number of hydrogen-bond acceptors (Lipinski definition) is 3. The number of carbonyl (C=O) groups excluding carboxylic acids is 2. The second kappa shape index (κ2) is 5.64. The van der Waals surface area contributed by atoms with E-state index in [0.29, 0.717) is 12.8 Å². The summed E-state index contributed by atoms with van der Waals surface area (Å²) in [5.74, 6) is -0.348. The van der Waals surface area contributed by atoms with Gasteiger partial charge in [0.1, 0.15) is 6.04 Å². The maximum Gasteiger partial charge on any atom is 0.243 e. The van der Waals surface area contributed by atoms with Crippen molar-refractivity contribution in [3.05, 3.63) is 35.9 Å². The highest BCUT2D eigenvalue weighted by Crippen LogP contribution is 2.13. The van der Waals surface area contributed by atoms with Gasteiger partial charge in [-0.05, 0) is 12.0 Å². The third-order valence-electron chi connectivity index (χ3n) is 3.01. The van der Waals surface area contributed by atoms with Crippen molar-refractivity contribution in [1.82, 2.24) is 10.6 Å². The standard InChI is InChI=1S/C13H16N2O3/c16-8-11(9-4-2-1-3-5-9)15-13(18)10-6-7-12(17)14-10/h1-5,10-11,16H,6-8H2,(H,14,17)(H,15,18)/t10-,11-/m1/s1. The van der Waals surface area contributed by atoms with Crippen molar-refractivity contribution in [3.63, 3.8) is 0 Å². The summed E-state index contributed by atoms with van der Waals surface area (Å²) >= 11 is 0. The molecule has 2 rings (SSSR count). The van der Waals surface area contributed by atoms with Crippen molar-refractivity contribution in [3.8, 4) is 0 Å². The number of nitrogens with one attached hydrogen (secondary N) is 2. The Balaban J connectivity index is 1.98. The SMILES string of the molecule is O=C1CC[C@H](C(=O)N[C@H](CO)c2ccccc2)N1. The van der Waals surface area contributed by atoms with Gasteiger partial charge in [0.15, 0.2) is 0 Å². The molecule has 0 aliphatic carbocycles. The molecule has 1 aromatic rings. The highest BCUT2D eigenvalue weighted by atomic mass is 16.3. The van der Waals surface area contributed by atoms with E-state index >= 15 is 0 Å². The Hall–Kier alpha value is -1.88. The molecule has 0 saturated carbocycles. The molecule has 1 fully saturated rings. The molecule has 3 N–H and O–H groups in total. The summed E-state index contributed by atoms with van der Waals surface area (Å²) in [6.07, 6.45) is 0.894. The zero-order valence-corrected chi connectivity index (χ0v) is 9.93. The van der Waals surface area contributed by atoms with Crippen LogP contribution >= 0.6 is 0 Å². The van der Waals surface area contributed by atoms with E-state index in [1.165, 1.54) is 0 Å². The fourth-order valence-electron chi connectivity index (χ4n) is 2.00. The third kappa shape index (κ3) is 2.87. The van der Waals surface area contributed by atoms with Crippen molar-refractivity contribution in [1.29, 1.82) is 0 Å². The second-order valence-electron chi connectivity index (χ2n) is 4.31. The predicted octanol–water partition coefficient (Wildman–Crippen LogP) is 0.115. The maximum absolute atomic E-state index is 11.9. The summed E-state index contributed by atoms with van der Waals surface area (Å²) in [5, 5.41) is 14.7. The molecular formula is C13H16N2O3. The normalized spacial score (nSPS) is 20.3. The van der Waals surface area contributed by atoms with Crippen LogP contribution in [-0.2, 0) is 9.59 Å². The molecule has 1 aromatic carbocycles. The van der Waals surface area contributed by atoms with Gasteiger partial charge < -0.3 is 15.7 Å². The first-order chi connectivity index (χ1) is 8.70. The number of benzene rings is 1. The highest BCUT2D eigenvalue weighted by molar-refractivity contribution is 5.90. The number of rotatable bonds is 4. The van der Waals surface area contributed by atoms with Gasteiger partial charge in [-0.2, -0.15) is 0 Å². The van der Waals surface area contributed by atoms with Gasteiger partial charge in [-0.25, -0.2) is 0 Å². The van der Waals surface area contributed by atoms with Crippen LogP contribution in [0.25, 0.3) is 0 Å². The van der Waals surface area contributed by atoms with Crippen molar-refractivity contribution >= 4 is 11.8 Å². The molecule has 96 valence electrons. The van der Waals surface area contributed by atoms with Crippen LogP contribution in [0.2, 0.25) is 0 Å². The molecule has 2 amide bonds. The lowest BCUT2D eigenvalue weighted by atomic mass is 10.1. The van der Waals surface area contributed by atoms with Crippen LogP contribution in [0.5, 0.6) is 0 Å². The first-order valence-electron chi connectivity index (χ1n) is 5.96. The topological polar surface area (TPSA) is 78.4 Å². The monoisotopic (exact) mass is 248 g/mol. The third-order valence-corrected chi connectivity index (χ3v) is 3.01. The minimum Gasteiger partial charge on any atom is -0.394 e. The molecule has 0 bridgehead atoms. The smallest absolute Gasteiger partial charge is 0.243 e. The first-order valence-corrected chi connectivity index (χ1v) is 5.96. The Labute approximate surface area is 105 Å². The van der Waals surface area contributed by atoms with Gasteiger partial charge in [-0.3, -0.25) is 9.59 Å². The van der Waals surface area contributed by atoms with E-state index in [4.69, 9.17) is 0 Å². The summed E-state index contributed by atoms with van der Waals surface area (Å²) in [5.41, 5.74) is 0.845. The highest BCUT2D eigenvalue weighted by Gasteiger charge is 2.28. The van der Waals surface area contributed by atoms with Crippen LogP contribution in [-0.4, -0.2) is 29.6 Å². The van der Waals surface area contributed by atoms with Gasteiger partial charge in [0.25, 0.3) is 0 Å². The zero-order valence-electron chi connectivity index (χ0n) is 9.93. The fourth-order valence-corrected chi connectivity index (χ4v) is 2.00. The second-order valence-corrected chi connectivity index (χ2v) is 4.31. The van der Waals surface area contributed by atoms with Crippen LogP contribution < -0.4 is 10.6 Å². The van der Waals surface area contributed by atoms with Gasteiger partial charge >= 0.3 is 0 Å². The average molecular weight is 248 g/mol. The van der Waals surface area contributed by atoms with E-state index in [9.17, 15) is 14.7 Å². The summed E-state index contributed by atoms with van der Waals surface area (Å²) in [6, 6.07) is 8.34. The Kier molecular flexibility index (Phi) is 3.94. The molecule has 1 aliphatic rings. The van der Waals surface area contributed by atoms with E-state index < -0.39 is 12.1 Å². The molecule has 1 aliphatic heterocycles. The average Bonchev–Trinajstić information content (AvgIpc) is 2.83. The summed E-state index contributed by atoms with van der Waals surface area (Å²) in [7, 11) is 0. The Bertz CT molecular complexity index is 433. The minimum absolute atomic E-state index is 0.101. The molecular weight excluding hydrogens is 232 g/mol. The van der Waals surface area contributed by atoms with E-state index in [2.05, 4.69) is 10.6 Å². The predicted molar refractivity (Wildman–Crippen MR) is 65.6 cm³/mol. The number of amides is 2. The lowest BCUT2D eigenvalue weighted by molar-refractivity contribution is -0.126. The van der Waals surface area contributed by atoms with Crippen LogP contribution in [0.1, 0.15) is 24.4 Å². The molecule has 0 radical (unpaired) electrons. The number of aliphatic hydroxyl groups excluding tert-OH is 1. The maximum atomic E-state index is 11.9. The molecule has 0 spiro atoms. The Morgan fingerprint density at radius 1 is 1.44 bits per heavy atom. The van der Waals surface area contributed by atoms with E-state index in [1.807, 2.05) is 30.3 Å². The van der Waals surface area contributed by atoms with Crippen molar-refractivity contribution in [2.24, 2.45) is 0 Å². The van der Waals surface area contributed by atoms with E-state index in [0.717, 1.165) is 5.56 Å². The summed E-state index contributed by atoms with van der Waals surface area (Å²) < 4.78 is 0. The number of carbonyl (C=O) groups is 2. The first kappa shape index (κ1) is 12.6. The van der Waals surface area contributed by atoms with Crippen molar-refractivity contribution < 1.29 is 14.7 Å². The molecule has 5 nitrogen and oxygen atoms in total. The quantitative estimate of drug-likeness (QED) is 0.708. The summed E-state index contributed by atoms with van der Waals surface area (Å²) in [6.45, 7) is -0.170. The van der Waals surface area contributed by atoms with Crippen molar-refractivity contribution in [2.75, 3.05) is 6.61 Å². The molecule has 18 heavy (non-hydrogen) atoms. The molecule has 1 heterocycles. The van der Waals surface area contributed by atoms with E-state index in [1.54, 1.807) is 0 Å². The lowest BCUT2D eigenvalue weighted by Crippen LogP contribution is -2.43. The van der Waals surface area contributed by atoms with Gasteiger partial charge in [-0.1, -0.05) is 30.3 Å². The van der Waals surface area contributed by atoms with Crippen LogP contribution in [0.15, 0.2) is 30.3 Å². The van der Waals surface area contributed by atoms with E-state index in [-0.39, 0.29) is 18.4 Å². The number of hydrogen-bond donors (Lipinski definition) is 3. The van der Waals surface area contributed by atoms with Gasteiger partial charge in [0.05, 0.1) is 12.6 Å². The largest absolute Gasteiger partial charge is 0.394 e. The number of aliphatic hydroxyl groups is 1. The summed E-state index contributed by atoms with van der Waals surface area (Å²) in [4.78, 5) is 22.9. The zero-order chi connectivity index (χ0) is 13.0. The molecule has 0 aromatic heterocycles. The Morgan fingerprint density at radius 2 is 2.17 bits per heavy atom. The fraction of sp³-hybridized carbons (Fsp3) is 0.385.